The van der Waals surface area contributed by atoms with Gasteiger partial charge in [-0.25, -0.2) is 5.90 Å². The van der Waals surface area contributed by atoms with E-state index in [-0.39, 0.29) is 18.1 Å². The predicted octanol–water partition coefficient (Wildman–Crippen LogP) is 0.0467. The molecule has 2 N–H and O–H groups in total. The van der Waals surface area contributed by atoms with Gasteiger partial charge in [0.25, 0.3) is 5.91 Å². The van der Waals surface area contributed by atoms with Gasteiger partial charge in [0.05, 0.1) is 12.6 Å². The molecule has 0 aromatic rings. The highest BCUT2D eigenvalue weighted by atomic mass is 16.6. The van der Waals surface area contributed by atoms with E-state index in [1.165, 1.54) is 0 Å². The van der Waals surface area contributed by atoms with Crippen molar-refractivity contribution in [1.29, 1.82) is 0 Å². The predicted molar refractivity (Wildman–Crippen MR) is 53.8 cm³/mol. The second-order valence-electron chi connectivity index (χ2n) is 4.16. The Labute approximate surface area is 89.5 Å². The van der Waals surface area contributed by atoms with Crippen LogP contribution in [-0.4, -0.2) is 42.7 Å². The van der Waals surface area contributed by atoms with Crippen LogP contribution in [0.5, 0.6) is 0 Å². The molecule has 0 radical (unpaired) electrons. The van der Waals surface area contributed by atoms with Gasteiger partial charge >= 0.3 is 0 Å². The Morgan fingerprint density at radius 2 is 2.33 bits per heavy atom. The molecule has 2 heterocycles. The van der Waals surface area contributed by atoms with Crippen molar-refractivity contribution in [3.8, 4) is 0 Å². The molecular weight excluding hydrogens is 196 g/mol. The Morgan fingerprint density at radius 3 is 3.00 bits per heavy atom. The lowest BCUT2D eigenvalue weighted by molar-refractivity contribution is -0.142. The number of hydrogen-bond donors (Lipinski definition) is 1. The SMILES string of the molecule is NOCC1CCCN1C(=O)C1CCCO1. The van der Waals surface area contributed by atoms with Gasteiger partial charge in [-0.05, 0) is 25.7 Å². The van der Waals surface area contributed by atoms with Crippen molar-refractivity contribution in [3.05, 3.63) is 0 Å². The van der Waals surface area contributed by atoms with Crippen LogP contribution in [0.25, 0.3) is 0 Å². The van der Waals surface area contributed by atoms with E-state index in [4.69, 9.17) is 10.6 Å². The Kier molecular flexibility index (Phi) is 3.56. The maximum absolute atomic E-state index is 12.0. The van der Waals surface area contributed by atoms with E-state index in [9.17, 15) is 4.79 Å². The number of nitrogens with zero attached hydrogens (tertiary/aromatic N) is 1. The van der Waals surface area contributed by atoms with Crippen LogP contribution in [0.4, 0.5) is 0 Å². The lowest BCUT2D eigenvalue weighted by atomic mass is 10.2. The van der Waals surface area contributed by atoms with Crippen molar-refractivity contribution in [1.82, 2.24) is 4.90 Å². The largest absolute Gasteiger partial charge is 0.368 e. The van der Waals surface area contributed by atoms with Crippen molar-refractivity contribution < 1.29 is 14.4 Å². The normalized spacial score (nSPS) is 31.1. The molecule has 5 heteroatoms. The van der Waals surface area contributed by atoms with Crippen LogP contribution < -0.4 is 5.90 Å². The Morgan fingerprint density at radius 1 is 1.47 bits per heavy atom. The van der Waals surface area contributed by atoms with Crippen LogP contribution in [0.15, 0.2) is 0 Å². The van der Waals surface area contributed by atoms with Gasteiger partial charge in [0, 0.05) is 13.2 Å². The summed E-state index contributed by atoms with van der Waals surface area (Å²) in [5.74, 6) is 5.17. The lowest BCUT2D eigenvalue weighted by Gasteiger charge is -2.26. The zero-order valence-electron chi connectivity index (χ0n) is 8.85. The monoisotopic (exact) mass is 214 g/mol. The summed E-state index contributed by atoms with van der Waals surface area (Å²) in [7, 11) is 0. The minimum Gasteiger partial charge on any atom is -0.368 e. The highest BCUT2D eigenvalue weighted by molar-refractivity contribution is 5.81. The molecule has 15 heavy (non-hydrogen) atoms. The quantitative estimate of drug-likeness (QED) is 0.674. The Hall–Kier alpha value is -0.650. The molecular formula is C10H18N2O3. The first kappa shape index (κ1) is 10.9. The summed E-state index contributed by atoms with van der Waals surface area (Å²) in [6.07, 6.45) is 3.64. The van der Waals surface area contributed by atoms with Crippen LogP contribution in [0.1, 0.15) is 25.7 Å². The summed E-state index contributed by atoms with van der Waals surface area (Å²) in [6, 6.07) is 0.145. The highest BCUT2D eigenvalue weighted by Crippen LogP contribution is 2.22. The van der Waals surface area contributed by atoms with E-state index in [0.717, 1.165) is 32.2 Å². The van der Waals surface area contributed by atoms with Gasteiger partial charge in [0.15, 0.2) is 0 Å². The van der Waals surface area contributed by atoms with Crippen molar-refractivity contribution in [3.63, 3.8) is 0 Å². The lowest BCUT2D eigenvalue weighted by Crippen LogP contribution is -2.44. The topological polar surface area (TPSA) is 64.8 Å². The van der Waals surface area contributed by atoms with Crippen LogP contribution in [0.3, 0.4) is 0 Å². The summed E-state index contributed by atoms with van der Waals surface area (Å²) < 4.78 is 5.39. The molecule has 2 atom stereocenters. The number of hydrogen-bond acceptors (Lipinski definition) is 4. The van der Waals surface area contributed by atoms with Crippen LogP contribution >= 0.6 is 0 Å². The molecule has 2 unspecified atom stereocenters. The average Bonchev–Trinajstić information content (AvgIpc) is 2.87. The van der Waals surface area contributed by atoms with Gasteiger partial charge in [0.1, 0.15) is 6.10 Å². The minimum atomic E-state index is -0.219. The Bertz CT molecular complexity index is 229. The van der Waals surface area contributed by atoms with E-state index < -0.39 is 0 Å². The number of ether oxygens (including phenoxy) is 1. The number of nitrogens with two attached hydrogens (primary N) is 1. The molecule has 2 rings (SSSR count). The summed E-state index contributed by atoms with van der Waals surface area (Å²) in [4.78, 5) is 18.5. The number of rotatable bonds is 3. The van der Waals surface area contributed by atoms with E-state index in [2.05, 4.69) is 4.84 Å². The molecule has 2 fully saturated rings. The molecule has 2 saturated heterocycles. The van der Waals surface area contributed by atoms with Gasteiger partial charge in [0.2, 0.25) is 0 Å². The minimum absolute atomic E-state index is 0.118. The van der Waals surface area contributed by atoms with Gasteiger partial charge in [-0.15, -0.1) is 0 Å². The summed E-state index contributed by atoms with van der Waals surface area (Å²) >= 11 is 0. The third-order valence-electron chi connectivity index (χ3n) is 3.15. The zero-order chi connectivity index (χ0) is 10.7. The molecule has 0 aromatic heterocycles. The summed E-state index contributed by atoms with van der Waals surface area (Å²) in [5.41, 5.74) is 0. The third-order valence-corrected chi connectivity index (χ3v) is 3.15. The fraction of sp³-hybridized carbons (Fsp3) is 0.900. The van der Waals surface area contributed by atoms with E-state index >= 15 is 0 Å². The standard InChI is InChI=1S/C10H18N2O3/c11-15-7-8-3-1-5-12(8)10(13)9-4-2-6-14-9/h8-9H,1-7,11H2. The number of amides is 1. The van der Waals surface area contributed by atoms with Gasteiger partial charge in [-0.3, -0.25) is 4.79 Å². The van der Waals surface area contributed by atoms with E-state index in [1.54, 1.807) is 0 Å². The van der Waals surface area contributed by atoms with Crippen molar-refractivity contribution in [2.45, 2.75) is 37.8 Å². The van der Waals surface area contributed by atoms with E-state index in [0.29, 0.717) is 13.2 Å². The van der Waals surface area contributed by atoms with E-state index in [1.807, 2.05) is 4.90 Å². The molecule has 0 bridgehead atoms. The summed E-state index contributed by atoms with van der Waals surface area (Å²) in [6.45, 7) is 1.95. The van der Waals surface area contributed by atoms with Crippen molar-refractivity contribution in [2.24, 2.45) is 5.90 Å². The maximum atomic E-state index is 12.0. The average molecular weight is 214 g/mol. The maximum Gasteiger partial charge on any atom is 0.252 e. The molecule has 5 nitrogen and oxygen atoms in total. The third kappa shape index (κ3) is 2.30. The first-order chi connectivity index (χ1) is 7.33. The second kappa shape index (κ2) is 4.92. The number of carbonyl (C=O) groups is 1. The highest BCUT2D eigenvalue weighted by Gasteiger charge is 2.34. The molecule has 2 aliphatic heterocycles. The van der Waals surface area contributed by atoms with Crippen LogP contribution in [0, 0.1) is 0 Å². The van der Waals surface area contributed by atoms with Gasteiger partial charge in [-0.1, -0.05) is 0 Å². The first-order valence-corrected chi connectivity index (χ1v) is 5.56. The molecule has 0 aromatic carbocycles. The Balaban J connectivity index is 1.92. The second-order valence-corrected chi connectivity index (χ2v) is 4.16. The van der Waals surface area contributed by atoms with Gasteiger partial charge in [-0.2, -0.15) is 0 Å². The molecule has 0 spiro atoms. The van der Waals surface area contributed by atoms with Crippen molar-refractivity contribution in [2.75, 3.05) is 19.8 Å². The number of likely N-dealkylation sites (tertiary alicyclic amines) is 1. The fourth-order valence-electron chi connectivity index (χ4n) is 2.37. The fourth-order valence-corrected chi connectivity index (χ4v) is 2.37. The van der Waals surface area contributed by atoms with Crippen LogP contribution in [0.2, 0.25) is 0 Å². The molecule has 1 amide bonds. The molecule has 2 aliphatic rings. The molecule has 0 aliphatic carbocycles. The van der Waals surface area contributed by atoms with Crippen molar-refractivity contribution >= 4 is 5.91 Å². The summed E-state index contributed by atoms with van der Waals surface area (Å²) in [5, 5.41) is 0. The zero-order valence-corrected chi connectivity index (χ0v) is 8.85. The first-order valence-electron chi connectivity index (χ1n) is 5.56. The van der Waals surface area contributed by atoms with Crippen LogP contribution in [-0.2, 0) is 14.4 Å². The smallest absolute Gasteiger partial charge is 0.252 e. The molecule has 0 saturated carbocycles. The number of carbonyl (C=O) groups excluding carboxylic acids is 1. The van der Waals surface area contributed by atoms with Gasteiger partial charge < -0.3 is 14.5 Å². The molecule has 86 valence electrons.